The fraction of sp³-hybridized carbons (Fsp3) is 0.611. The summed E-state index contributed by atoms with van der Waals surface area (Å²) in [5.41, 5.74) is 0.115. The minimum atomic E-state index is -3.01. The average Bonchev–Trinajstić information content (AvgIpc) is 3.44. The van der Waals surface area contributed by atoms with Gasteiger partial charge >= 0.3 is 6.61 Å². The number of nitrogens with one attached hydrogen (secondary N) is 1. The number of rotatable bonds is 7. The first kappa shape index (κ1) is 20.7. The Morgan fingerprint density at radius 3 is 2.54 bits per heavy atom. The van der Waals surface area contributed by atoms with Crippen LogP contribution < -0.4 is 14.8 Å². The average molecular weight is 391 g/mol. The van der Waals surface area contributed by atoms with Crippen LogP contribution in [-0.2, 0) is 0 Å². The van der Waals surface area contributed by atoms with Crippen molar-refractivity contribution in [2.75, 3.05) is 26.7 Å². The van der Waals surface area contributed by atoms with E-state index in [4.69, 9.17) is 4.74 Å². The number of halogens is 3. The van der Waals surface area contributed by atoms with Crippen molar-refractivity contribution in [3.63, 3.8) is 0 Å². The molecule has 0 atom stereocenters. The van der Waals surface area contributed by atoms with Gasteiger partial charge in [0.05, 0.1) is 12.7 Å². The van der Waals surface area contributed by atoms with Crippen LogP contribution >= 0.6 is 12.4 Å². The highest BCUT2D eigenvalue weighted by molar-refractivity contribution is 5.97. The number of nitrogens with zero attached hydrogens (tertiary/aromatic N) is 1. The lowest BCUT2D eigenvalue weighted by Crippen LogP contribution is -2.45. The molecule has 0 spiro atoms. The highest BCUT2D eigenvalue weighted by Gasteiger charge is 2.29. The Kier molecular flexibility index (Phi) is 7.46. The molecule has 1 N–H and O–H groups in total. The Balaban J connectivity index is 0.00000243. The van der Waals surface area contributed by atoms with Crippen molar-refractivity contribution in [3.8, 4) is 11.5 Å². The first-order valence-corrected chi connectivity index (χ1v) is 8.73. The first-order chi connectivity index (χ1) is 12.1. The Hall–Kier alpha value is -1.60. The summed E-state index contributed by atoms with van der Waals surface area (Å²) in [7, 11) is 1.36. The maximum atomic E-state index is 12.8. The zero-order chi connectivity index (χ0) is 17.8. The Morgan fingerprint density at radius 2 is 1.96 bits per heavy atom. The van der Waals surface area contributed by atoms with E-state index in [-0.39, 0.29) is 35.4 Å². The Bertz CT molecular complexity index is 606. The van der Waals surface area contributed by atoms with Gasteiger partial charge in [0.25, 0.3) is 5.91 Å². The maximum Gasteiger partial charge on any atom is 0.387 e. The molecule has 26 heavy (non-hydrogen) atoms. The largest absolute Gasteiger partial charge is 0.493 e. The number of methoxy groups -OCH3 is 1. The highest BCUT2D eigenvalue weighted by Crippen LogP contribution is 2.34. The van der Waals surface area contributed by atoms with Crippen LogP contribution in [-0.4, -0.2) is 50.2 Å². The van der Waals surface area contributed by atoms with E-state index in [2.05, 4.69) is 10.1 Å². The van der Waals surface area contributed by atoms with Gasteiger partial charge in [-0.1, -0.05) is 6.07 Å². The molecule has 1 aromatic rings. The zero-order valence-electron chi connectivity index (χ0n) is 14.7. The normalized spacial score (nSPS) is 17.8. The van der Waals surface area contributed by atoms with Gasteiger partial charge in [0, 0.05) is 19.1 Å². The van der Waals surface area contributed by atoms with Gasteiger partial charge in [-0.25, -0.2) is 0 Å². The van der Waals surface area contributed by atoms with Gasteiger partial charge in [-0.15, -0.1) is 12.4 Å². The molecule has 1 aliphatic carbocycles. The van der Waals surface area contributed by atoms with Gasteiger partial charge in [-0.2, -0.15) is 8.78 Å². The minimum absolute atomic E-state index is 0. The molecule has 1 saturated carbocycles. The van der Waals surface area contributed by atoms with E-state index in [1.165, 1.54) is 32.1 Å². The van der Waals surface area contributed by atoms with Crippen LogP contribution in [0.4, 0.5) is 8.78 Å². The Labute approximate surface area is 158 Å². The molecule has 5 nitrogen and oxygen atoms in total. The predicted molar refractivity (Wildman–Crippen MR) is 96.5 cm³/mol. The number of amides is 1. The molecule has 0 unspecified atom stereocenters. The number of ether oxygens (including phenoxy) is 2. The summed E-state index contributed by atoms with van der Waals surface area (Å²) in [4.78, 5) is 14.5. The van der Waals surface area contributed by atoms with Gasteiger partial charge in [0.1, 0.15) is 0 Å². The number of piperidine rings is 1. The molecule has 0 radical (unpaired) electrons. The maximum absolute atomic E-state index is 12.8. The molecule has 8 heteroatoms. The summed E-state index contributed by atoms with van der Waals surface area (Å²) in [5.74, 6) is 0.465. The van der Waals surface area contributed by atoms with Crippen molar-refractivity contribution in [3.05, 3.63) is 23.8 Å². The molecular weight excluding hydrogens is 366 g/mol. The van der Waals surface area contributed by atoms with Crippen LogP contribution in [0.1, 0.15) is 36.0 Å². The second-order valence-corrected chi connectivity index (χ2v) is 6.63. The van der Waals surface area contributed by atoms with Gasteiger partial charge in [0.2, 0.25) is 0 Å². The summed E-state index contributed by atoms with van der Waals surface area (Å²) in [6.45, 7) is -0.750. The SMILES string of the molecule is COc1cccc(C(=O)N2CCC(NCC3CC3)CC2)c1OC(F)F.Cl. The molecule has 1 saturated heterocycles. The fourth-order valence-corrected chi connectivity index (χ4v) is 3.17. The highest BCUT2D eigenvalue weighted by atomic mass is 35.5. The second-order valence-electron chi connectivity index (χ2n) is 6.63. The number of carbonyl (C=O) groups is 1. The molecular formula is C18H25ClF2N2O3. The van der Waals surface area contributed by atoms with E-state index in [9.17, 15) is 13.6 Å². The predicted octanol–water partition coefficient (Wildman–Crippen LogP) is 3.32. The number of para-hydroxylation sites is 1. The van der Waals surface area contributed by atoms with Gasteiger partial charge in [-0.05, 0) is 50.3 Å². The smallest absolute Gasteiger partial charge is 0.387 e. The molecule has 1 amide bonds. The number of likely N-dealkylation sites (tertiary alicyclic amines) is 1. The third-order valence-electron chi connectivity index (χ3n) is 4.81. The zero-order valence-corrected chi connectivity index (χ0v) is 15.6. The van der Waals surface area contributed by atoms with Crippen LogP contribution in [0, 0.1) is 5.92 Å². The molecule has 1 aliphatic heterocycles. The van der Waals surface area contributed by atoms with E-state index >= 15 is 0 Å². The number of carbonyl (C=O) groups excluding carboxylic acids is 1. The van der Waals surface area contributed by atoms with Gasteiger partial charge in [0.15, 0.2) is 11.5 Å². The quantitative estimate of drug-likeness (QED) is 0.776. The van der Waals surface area contributed by atoms with Crippen molar-refractivity contribution < 1.29 is 23.0 Å². The van der Waals surface area contributed by atoms with E-state index in [1.807, 2.05) is 0 Å². The summed E-state index contributed by atoms with van der Waals surface area (Å²) in [6, 6.07) is 5.03. The lowest BCUT2D eigenvalue weighted by atomic mass is 10.0. The molecule has 146 valence electrons. The summed E-state index contributed by atoms with van der Waals surface area (Å²) in [6.07, 6.45) is 4.36. The third kappa shape index (κ3) is 5.20. The fourth-order valence-electron chi connectivity index (χ4n) is 3.17. The van der Waals surface area contributed by atoms with E-state index < -0.39 is 6.61 Å². The number of hydrogen-bond acceptors (Lipinski definition) is 4. The van der Waals surface area contributed by atoms with Crippen LogP contribution in [0.2, 0.25) is 0 Å². The van der Waals surface area contributed by atoms with Crippen LogP contribution in [0.3, 0.4) is 0 Å². The summed E-state index contributed by atoms with van der Waals surface area (Å²) >= 11 is 0. The van der Waals surface area contributed by atoms with E-state index in [0.29, 0.717) is 19.1 Å². The van der Waals surface area contributed by atoms with Gasteiger partial charge < -0.3 is 19.7 Å². The standard InChI is InChI=1S/C18H24F2N2O3.ClH/c1-24-15-4-2-3-14(16(15)25-18(19)20)17(23)22-9-7-13(8-10-22)21-11-12-5-6-12;/h2-4,12-13,18,21H,5-11H2,1H3;1H. The Morgan fingerprint density at radius 1 is 1.27 bits per heavy atom. The molecule has 3 rings (SSSR count). The van der Waals surface area contributed by atoms with Crippen LogP contribution in [0.15, 0.2) is 18.2 Å². The van der Waals surface area contributed by atoms with Crippen LogP contribution in [0.25, 0.3) is 0 Å². The summed E-state index contributed by atoms with van der Waals surface area (Å²) < 4.78 is 35.1. The monoisotopic (exact) mass is 390 g/mol. The van der Waals surface area contributed by atoms with Crippen molar-refractivity contribution >= 4 is 18.3 Å². The van der Waals surface area contributed by atoms with Gasteiger partial charge in [-0.3, -0.25) is 4.79 Å². The van der Waals surface area contributed by atoms with Crippen molar-refractivity contribution in [1.29, 1.82) is 0 Å². The second kappa shape index (κ2) is 9.37. The van der Waals surface area contributed by atoms with Crippen molar-refractivity contribution in [2.24, 2.45) is 5.92 Å². The number of benzene rings is 1. The number of alkyl halides is 2. The van der Waals surface area contributed by atoms with E-state index in [1.54, 1.807) is 11.0 Å². The topological polar surface area (TPSA) is 50.8 Å². The molecule has 2 aliphatic rings. The van der Waals surface area contributed by atoms with Crippen LogP contribution in [0.5, 0.6) is 11.5 Å². The third-order valence-corrected chi connectivity index (χ3v) is 4.81. The molecule has 0 bridgehead atoms. The molecule has 2 fully saturated rings. The summed E-state index contributed by atoms with van der Waals surface area (Å²) in [5, 5.41) is 3.56. The van der Waals surface area contributed by atoms with E-state index in [0.717, 1.165) is 25.3 Å². The molecule has 1 aromatic carbocycles. The van der Waals surface area contributed by atoms with Crippen molar-refractivity contribution in [1.82, 2.24) is 10.2 Å². The first-order valence-electron chi connectivity index (χ1n) is 8.73. The van der Waals surface area contributed by atoms with Crippen molar-refractivity contribution in [2.45, 2.75) is 38.3 Å². The molecule has 1 heterocycles. The molecule has 0 aromatic heterocycles. The number of hydrogen-bond donors (Lipinski definition) is 1. The minimum Gasteiger partial charge on any atom is -0.493 e. The lowest BCUT2D eigenvalue weighted by Gasteiger charge is -2.33. The lowest BCUT2D eigenvalue weighted by molar-refractivity contribution is -0.0516.